The predicted octanol–water partition coefficient (Wildman–Crippen LogP) is 5.14. The number of hydrogen-bond acceptors (Lipinski definition) is 5. The van der Waals surface area contributed by atoms with E-state index in [0.29, 0.717) is 26.2 Å². The van der Waals surface area contributed by atoms with Crippen LogP contribution in [0.3, 0.4) is 0 Å². The number of aryl methyl sites for hydroxylation is 1. The summed E-state index contributed by atoms with van der Waals surface area (Å²) in [5.74, 6) is -0.549. The van der Waals surface area contributed by atoms with Crippen molar-refractivity contribution in [3.8, 4) is 0 Å². The molecule has 10 heteroatoms. The van der Waals surface area contributed by atoms with Crippen LogP contribution < -0.4 is 4.90 Å². The second-order valence-electron chi connectivity index (χ2n) is 11.7. The summed E-state index contributed by atoms with van der Waals surface area (Å²) in [7, 11) is 0. The van der Waals surface area contributed by atoms with E-state index in [9.17, 15) is 14.0 Å². The molecule has 4 atom stereocenters. The zero-order valence-corrected chi connectivity index (χ0v) is 25.9. The van der Waals surface area contributed by atoms with Crippen LogP contribution in [0.5, 0.6) is 0 Å². The van der Waals surface area contributed by atoms with Crippen LogP contribution in [-0.4, -0.2) is 68.3 Å². The van der Waals surface area contributed by atoms with Gasteiger partial charge in [-0.05, 0) is 75.6 Å². The van der Waals surface area contributed by atoms with E-state index >= 15 is 0 Å². The van der Waals surface area contributed by atoms with Crippen LogP contribution in [0.1, 0.15) is 57.4 Å². The molecule has 2 aliphatic heterocycles. The first-order valence-electron chi connectivity index (χ1n) is 14.3. The van der Waals surface area contributed by atoms with Crippen LogP contribution in [0, 0.1) is 18.7 Å². The van der Waals surface area contributed by atoms with E-state index in [4.69, 9.17) is 0 Å². The van der Waals surface area contributed by atoms with Gasteiger partial charge >= 0.3 is 0 Å². The Bertz CT molecular complexity index is 1420. The Kier molecular flexibility index (Phi) is 8.34. The van der Waals surface area contributed by atoms with Crippen molar-refractivity contribution in [2.24, 2.45) is 5.92 Å². The Morgan fingerprint density at radius 2 is 1.78 bits per heavy atom. The minimum atomic E-state index is -0.442. The fraction of sp³-hybridized carbons (Fsp3) is 0.484. The van der Waals surface area contributed by atoms with Gasteiger partial charge in [-0.3, -0.25) is 14.5 Å². The molecule has 0 saturated carbocycles. The number of aromatic nitrogens is 3. The Morgan fingerprint density at radius 3 is 2.41 bits per heavy atom. The first kappa shape index (κ1) is 29.4. The molecule has 0 aliphatic carbocycles. The first-order chi connectivity index (χ1) is 19.5. The van der Waals surface area contributed by atoms with Crippen molar-refractivity contribution < 1.29 is 14.0 Å². The van der Waals surface area contributed by atoms with Gasteiger partial charge in [-0.1, -0.05) is 40.2 Å². The molecular formula is C31H38BrFN6O2. The smallest absolute Gasteiger partial charge is 0.228 e. The highest BCUT2D eigenvalue weighted by Crippen LogP contribution is 2.32. The van der Waals surface area contributed by atoms with Gasteiger partial charge in [-0.2, -0.15) is 0 Å². The lowest BCUT2D eigenvalue weighted by molar-refractivity contribution is -0.140. The van der Waals surface area contributed by atoms with Gasteiger partial charge in [0.25, 0.3) is 0 Å². The highest BCUT2D eigenvalue weighted by atomic mass is 79.9. The van der Waals surface area contributed by atoms with Crippen molar-refractivity contribution in [2.45, 2.75) is 71.6 Å². The van der Waals surface area contributed by atoms with Gasteiger partial charge in [0.1, 0.15) is 5.82 Å². The lowest BCUT2D eigenvalue weighted by atomic mass is 9.89. The van der Waals surface area contributed by atoms with Crippen molar-refractivity contribution in [1.29, 1.82) is 0 Å². The Labute approximate surface area is 249 Å². The molecule has 0 bridgehead atoms. The molecule has 3 heterocycles. The van der Waals surface area contributed by atoms with Crippen LogP contribution in [0.25, 0.3) is 0 Å². The molecule has 2 aliphatic rings. The molecule has 2 unspecified atom stereocenters. The summed E-state index contributed by atoms with van der Waals surface area (Å²) in [6, 6.07) is 12.6. The minimum absolute atomic E-state index is 0.00342. The van der Waals surface area contributed by atoms with Gasteiger partial charge in [0.15, 0.2) is 0 Å². The Balaban J connectivity index is 1.23. The van der Waals surface area contributed by atoms with E-state index in [1.165, 1.54) is 12.1 Å². The molecule has 218 valence electrons. The molecule has 1 aromatic heterocycles. The van der Waals surface area contributed by atoms with E-state index in [1.54, 1.807) is 17.0 Å². The highest BCUT2D eigenvalue weighted by molar-refractivity contribution is 9.10. The van der Waals surface area contributed by atoms with E-state index in [0.717, 1.165) is 33.4 Å². The molecule has 2 aromatic carbocycles. The van der Waals surface area contributed by atoms with Crippen molar-refractivity contribution in [1.82, 2.24) is 24.8 Å². The number of amides is 2. The summed E-state index contributed by atoms with van der Waals surface area (Å²) in [5, 5.41) is 8.94. The zero-order valence-electron chi connectivity index (χ0n) is 24.3. The monoisotopic (exact) mass is 624 g/mol. The fourth-order valence-electron chi connectivity index (χ4n) is 6.24. The average molecular weight is 626 g/mol. The number of rotatable bonds is 7. The van der Waals surface area contributed by atoms with E-state index < -0.39 is 5.54 Å². The molecule has 0 N–H and O–H groups in total. The second-order valence-corrected chi connectivity index (χ2v) is 12.7. The molecule has 0 radical (unpaired) electrons. The number of halogens is 2. The second kappa shape index (κ2) is 11.6. The average Bonchev–Trinajstić information content (AvgIpc) is 3.57. The van der Waals surface area contributed by atoms with Crippen LogP contribution in [0.2, 0.25) is 0 Å². The first-order valence-corrected chi connectivity index (χ1v) is 15.1. The van der Waals surface area contributed by atoms with Crippen molar-refractivity contribution in [2.75, 3.05) is 24.5 Å². The van der Waals surface area contributed by atoms with E-state index in [1.807, 2.05) is 40.9 Å². The van der Waals surface area contributed by atoms with Crippen molar-refractivity contribution in [3.05, 3.63) is 75.8 Å². The van der Waals surface area contributed by atoms with Crippen LogP contribution >= 0.6 is 15.9 Å². The van der Waals surface area contributed by atoms with E-state index in [-0.39, 0.29) is 42.1 Å². The molecule has 41 heavy (non-hydrogen) atoms. The standard InChI is InChI=1S/C31H38BrFN6O2/c1-6-31(5,24-7-10-26(33)11-8-24)39-19-27(34-35-39)18-37-21(3)15-36(16-22(37)4)30(41)23-14-29(40)38(17-23)28-12-9-25(32)13-20(28)2/h7-13,19,21-23H,6,14-18H2,1-5H3/t21-,22+,23?,31?. The van der Waals surface area contributed by atoms with Gasteiger partial charge in [0, 0.05) is 54.8 Å². The number of carbonyl (C=O) groups is 2. The molecule has 0 spiro atoms. The van der Waals surface area contributed by atoms with Gasteiger partial charge in [0.2, 0.25) is 11.8 Å². The maximum absolute atomic E-state index is 13.6. The van der Waals surface area contributed by atoms with Crippen LogP contribution in [-0.2, 0) is 21.7 Å². The molecule has 2 fully saturated rings. The third kappa shape index (κ3) is 5.81. The summed E-state index contributed by atoms with van der Waals surface area (Å²) < 4.78 is 16.4. The third-order valence-corrected chi connectivity index (χ3v) is 9.38. The summed E-state index contributed by atoms with van der Waals surface area (Å²) in [4.78, 5) is 32.5. The SMILES string of the molecule is CCC(C)(c1ccc(F)cc1)n1cc(CN2[C@H](C)CN(C(=O)C3CC(=O)N(c4ccc(Br)cc4C)C3)C[C@@H]2C)nn1. The molecule has 5 rings (SSSR count). The molecule has 8 nitrogen and oxygen atoms in total. The number of anilines is 1. The van der Waals surface area contributed by atoms with Crippen LogP contribution in [0.4, 0.5) is 10.1 Å². The van der Waals surface area contributed by atoms with Gasteiger partial charge < -0.3 is 9.80 Å². The molecular weight excluding hydrogens is 587 g/mol. The quantitative estimate of drug-likeness (QED) is 0.364. The summed E-state index contributed by atoms with van der Waals surface area (Å²) in [6.45, 7) is 12.6. The normalized spacial score (nSPS) is 23.2. The highest BCUT2D eigenvalue weighted by Gasteiger charge is 2.41. The Morgan fingerprint density at radius 1 is 1.10 bits per heavy atom. The zero-order chi connectivity index (χ0) is 29.5. The number of carbonyl (C=O) groups excluding carboxylic acids is 2. The van der Waals surface area contributed by atoms with Crippen molar-refractivity contribution >= 4 is 33.4 Å². The van der Waals surface area contributed by atoms with E-state index in [2.05, 4.69) is 58.8 Å². The maximum Gasteiger partial charge on any atom is 0.228 e. The third-order valence-electron chi connectivity index (χ3n) is 8.88. The number of piperazine rings is 1. The maximum atomic E-state index is 13.6. The minimum Gasteiger partial charge on any atom is -0.339 e. The van der Waals surface area contributed by atoms with Gasteiger partial charge in [-0.25, -0.2) is 9.07 Å². The van der Waals surface area contributed by atoms with Gasteiger partial charge in [-0.15, -0.1) is 5.10 Å². The summed E-state index contributed by atoms with van der Waals surface area (Å²) in [6.07, 6.45) is 2.99. The molecule has 2 saturated heterocycles. The van der Waals surface area contributed by atoms with Crippen LogP contribution in [0.15, 0.2) is 53.1 Å². The largest absolute Gasteiger partial charge is 0.339 e. The number of hydrogen-bond donors (Lipinski definition) is 0. The number of benzene rings is 2. The summed E-state index contributed by atoms with van der Waals surface area (Å²) in [5.41, 5.74) is 3.26. The number of nitrogens with zero attached hydrogens (tertiary/aromatic N) is 6. The summed E-state index contributed by atoms with van der Waals surface area (Å²) >= 11 is 3.48. The Hall–Kier alpha value is -3.11. The predicted molar refractivity (Wildman–Crippen MR) is 160 cm³/mol. The molecule has 3 aromatic rings. The topological polar surface area (TPSA) is 74.6 Å². The fourth-order valence-corrected chi connectivity index (χ4v) is 6.72. The lowest BCUT2D eigenvalue weighted by Crippen LogP contribution is -2.58. The van der Waals surface area contributed by atoms with Crippen molar-refractivity contribution in [3.63, 3.8) is 0 Å². The van der Waals surface area contributed by atoms with Gasteiger partial charge in [0.05, 0.1) is 23.3 Å². The lowest BCUT2D eigenvalue weighted by Gasteiger charge is -2.44. The molecule has 2 amide bonds.